The number of hydrogen-bond donors (Lipinski definition) is 3. The van der Waals surface area contributed by atoms with Crippen LogP contribution >= 0.6 is 12.2 Å². The predicted molar refractivity (Wildman–Crippen MR) is 112 cm³/mol. The average Bonchev–Trinajstić information content (AvgIpc) is 2.64. The zero-order valence-electron chi connectivity index (χ0n) is 16.7. The average molecular weight is 390 g/mol. The third kappa shape index (κ3) is 6.31. The summed E-state index contributed by atoms with van der Waals surface area (Å²) in [4.78, 5) is 24.2. The summed E-state index contributed by atoms with van der Waals surface area (Å²) in [5.41, 5.74) is 8.21. The smallest absolute Gasteiger partial charge is 0.238 e. The van der Waals surface area contributed by atoms with E-state index in [2.05, 4.69) is 30.0 Å². The Morgan fingerprint density at radius 1 is 1.07 bits per heavy atom. The van der Waals surface area contributed by atoms with Crippen LogP contribution in [0.5, 0.6) is 0 Å². The van der Waals surface area contributed by atoms with Crippen molar-refractivity contribution in [1.29, 1.82) is 0 Å². The molecule has 5 nitrogen and oxygen atoms in total. The van der Waals surface area contributed by atoms with Crippen LogP contribution in [0.1, 0.15) is 67.4 Å². The maximum atomic E-state index is 12.2. The van der Waals surface area contributed by atoms with Crippen LogP contribution in [0.25, 0.3) is 0 Å². The fourth-order valence-corrected chi connectivity index (χ4v) is 3.67. The van der Waals surface area contributed by atoms with E-state index in [1.807, 2.05) is 32.0 Å². The van der Waals surface area contributed by atoms with Gasteiger partial charge in [0.25, 0.3) is 0 Å². The minimum atomic E-state index is -0.249. The zero-order valence-corrected chi connectivity index (χ0v) is 17.5. The van der Waals surface area contributed by atoms with E-state index in [0.717, 1.165) is 17.5 Å². The molecule has 1 saturated carbocycles. The molecular formula is C21H31N3O2S. The largest absolute Gasteiger partial charge is 0.358 e. The third-order valence-electron chi connectivity index (χ3n) is 5.75. The van der Waals surface area contributed by atoms with Crippen LogP contribution in [0.3, 0.4) is 0 Å². The molecule has 1 aliphatic rings. The second kappa shape index (κ2) is 9.83. The van der Waals surface area contributed by atoms with Crippen molar-refractivity contribution < 1.29 is 9.59 Å². The predicted octanol–water partition coefficient (Wildman–Crippen LogP) is 3.59. The van der Waals surface area contributed by atoms with E-state index in [-0.39, 0.29) is 24.5 Å². The van der Waals surface area contributed by atoms with E-state index in [1.165, 1.54) is 12.8 Å². The van der Waals surface area contributed by atoms with Gasteiger partial charge in [-0.25, -0.2) is 0 Å². The number of aryl methyl sites for hydroxylation is 2. The van der Waals surface area contributed by atoms with Gasteiger partial charge in [-0.3, -0.25) is 20.4 Å². The number of hydrazine groups is 1. The molecule has 1 fully saturated rings. The lowest BCUT2D eigenvalue weighted by Gasteiger charge is -2.35. The molecule has 6 heteroatoms. The molecule has 0 aromatic heterocycles. The summed E-state index contributed by atoms with van der Waals surface area (Å²) in [6.45, 7) is 8.49. The topological polar surface area (TPSA) is 70.2 Å². The van der Waals surface area contributed by atoms with Crippen molar-refractivity contribution in [3.05, 3.63) is 34.9 Å². The second-order valence-corrected chi connectivity index (χ2v) is 8.15. The van der Waals surface area contributed by atoms with Gasteiger partial charge in [0, 0.05) is 24.4 Å². The standard InChI is InChI=1S/C21H31N3O2S/c1-13-8-9-17(12-15(13)3)19(25)10-11-20(26)23-24-21(27)22-18-7-5-6-14(2)16(18)4/h8-9,12,14,16,18H,5-7,10-11H2,1-4H3,(H,23,26)(H2,22,24,27)/t14-,16-,18+/m0/s1. The Morgan fingerprint density at radius 2 is 1.81 bits per heavy atom. The fraction of sp³-hybridized carbons (Fsp3) is 0.571. The van der Waals surface area contributed by atoms with Gasteiger partial charge in [-0.05, 0) is 61.5 Å². The molecule has 0 heterocycles. The molecule has 1 aromatic rings. The normalized spacial score (nSPS) is 22.0. The van der Waals surface area contributed by atoms with Crippen LogP contribution in [0.2, 0.25) is 0 Å². The van der Waals surface area contributed by atoms with Crippen LogP contribution in [0.15, 0.2) is 18.2 Å². The van der Waals surface area contributed by atoms with Gasteiger partial charge in [0.2, 0.25) is 5.91 Å². The first-order valence-electron chi connectivity index (χ1n) is 9.73. The summed E-state index contributed by atoms with van der Waals surface area (Å²) in [6, 6.07) is 5.95. The van der Waals surface area contributed by atoms with Crippen molar-refractivity contribution in [3.63, 3.8) is 0 Å². The molecule has 2 rings (SSSR count). The summed E-state index contributed by atoms with van der Waals surface area (Å²) < 4.78 is 0. The first-order chi connectivity index (χ1) is 12.8. The van der Waals surface area contributed by atoms with Crippen LogP contribution in [0.4, 0.5) is 0 Å². The maximum Gasteiger partial charge on any atom is 0.238 e. The van der Waals surface area contributed by atoms with Gasteiger partial charge in [0.15, 0.2) is 10.9 Å². The highest BCUT2D eigenvalue weighted by molar-refractivity contribution is 7.80. The molecule has 3 atom stereocenters. The molecule has 0 bridgehead atoms. The molecule has 1 amide bonds. The van der Waals surface area contributed by atoms with Gasteiger partial charge < -0.3 is 5.32 Å². The van der Waals surface area contributed by atoms with E-state index < -0.39 is 0 Å². The van der Waals surface area contributed by atoms with Crippen LogP contribution < -0.4 is 16.2 Å². The lowest BCUT2D eigenvalue weighted by Crippen LogP contribution is -2.52. The van der Waals surface area contributed by atoms with Gasteiger partial charge >= 0.3 is 0 Å². The lowest BCUT2D eigenvalue weighted by molar-refractivity contribution is -0.121. The highest BCUT2D eigenvalue weighted by Gasteiger charge is 2.27. The molecule has 0 spiro atoms. The van der Waals surface area contributed by atoms with Crippen molar-refractivity contribution in [2.75, 3.05) is 0 Å². The number of ketones is 1. The number of nitrogens with one attached hydrogen (secondary N) is 3. The quantitative estimate of drug-likeness (QED) is 0.408. The number of thiocarbonyl (C=S) groups is 1. The minimum Gasteiger partial charge on any atom is -0.358 e. The number of rotatable bonds is 5. The van der Waals surface area contributed by atoms with Gasteiger partial charge in [-0.15, -0.1) is 0 Å². The molecular weight excluding hydrogens is 358 g/mol. The monoisotopic (exact) mass is 389 g/mol. The summed E-state index contributed by atoms with van der Waals surface area (Å²) in [6.07, 6.45) is 3.83. The SMILES string of the molecule is Cc1ccc(C(=O)CCC(=O)NNC(=S)N[C@@H]2CCC[C@H](C)[C@@H]2C)cc1C. The van der Waals surface area contributed by atoms with E-state index in [4.69, 9.17) is 12.2 Å². The van der Waals surface area contributed by atoms with Crippen LogP contribution in [0, 0.1) is 25.7 Å². The minimum absolute atomic E-state index is 0.0287. The molecule has 27 heavy (non-hydrogen) atoms. The lowest BCUT2D eigenvalue weighted by atomic mass is 9.78. The summed E-state index contributed by atoms with van der Waals surface area (Å²) in [7, 11) is 0. The number of Topliss-reactive ketones (excluding diaryl/α,β-unsaturated/α-hetero) is 1. The van der Waals surface area contributed by atoms with E-state index in [0.29, 0.717) is 28.6 Å². The van der Waals surface area contributed by atoms with Crippen molar-refractivity contribution in [3.8, 4) is 0 Å². The Hall–Kier alpha value is -1.95. The Bertz CT molecular complexity index is 705. The second-order valence-electron chi connectivity index (χ2n) is 7.74. The Balaban J connectivity index is 1.71. The molecule has 148 valence electrons. The van der Waals surface area contributed by atoms with E-state index in [1.54, 1.807) is 0 Å². The maximum absolute atomic E-state index is 12.2. The number of amides is 1. The Labute approximate surface area is 167 Å². The fourth-order valence-electron chi connectivity index (χ4n) is 3.47. The van der Waals surface area contributed by atoms with Crippen molar-refractivity contribution >= 4 is 29.0 Å². The first kappa shape index (κ1) is 21.4. The number of benzene rings is 1. The molecule has 0 unspecified atom stereocenters. The molecule has 0 saturated heterocycles. The first-order valence-corrected chi connectivity index (χ1v) is 10.1. The van der Waals surface area contributed by atoms with E-state index >= 15 is 0 Å². The van der Waals surface area contributed by atoms with Gasteiger partial charge in [-0.2, -0.15) is 0 Å². The van der Waals surface area contributed by atoms with E-state index in [9.17, 15) is 9.59 Å². The van der Waals surface area contributed by atoms with Gasteiger partial charge in [0.1, 0.15) is 0 Å². The number of hydrogen-bond acceptors (Lipinski definition) is 3. The van der Waals surface area contributed by atoms with Gasteiger partial charge in [0.05, 0.1) is 0 Å². The third-order valence-corrected chi connectivity index (χ3v) is 5.97. The van der Waals surface area contributed by atoms with Crippen molar-refractivity contribution in [1.82, 2.24) is 16.2 Å². The van der Waals surface area contributed by atoms with Crippen molar-refractivity contribution in [2.45, 2.75) is 65.8 Å². The molecule has 0 radical (unpaired) electrons. The Morgan fingerprint density at radius 3 is 2.52 bits per heavy atom. The van der Waals surface area contributed by atoms with Crippen LogP contribution in [-0.4, -0.2) is 22.8 Å². The zero-order chi connectivity index (χ0) is 20.0. The highest BCUT2D eigenvalue weighted by atomic mass is 32.1. The van der Waals surface area contributed by atoms with Crippen molar-refractivity contribution in [2.24, 2.45) is 11.8 Å². The number of carbonyl (C=O) groups excluding carboxylic acids is 2. The number of carbonyl (C=O) groups is 2. The molecule has 3 N–H and O–H groups in total. The molecule has 0 aliphatic heterocycles. The summed E-state index contributed by atoms with van der Waals surface area (Å²) in [5, 5.41) is 3.72. The molecule has 1 aliphatic carbocycles. The summed E-state index contributed by atoms with van der Waals surface area (Å²) in [5.74, 6) is 0.940. The summed E-state index contributed by atoms with van der Waals surface area (Å²) >= 11 is 5.28. The van der Waals surface area contributed by atoms with Gasteiger partial charge in [-0.1, -0.05) is 38.8 Å². The Kier molecular flexibility index (Phi) is 7.78. The molecule has 1 aromatic carbocycles. The van der Waals surface area contributed by atoms with Crippen LogP contribution in [-0.2, 0) is 4.79 Å². The highest BCUT2D eigenvalue weighted by Crippen LogP contribution is 2.29.